The van der Waals surface area contributed by atoms with E-state index in [1.807, 2.05) is 0 Å². The van der Waals surface area contributed by atoms with E-state index in [1.54, 1.807) is 0 Å². The highest BCUT2D eigenvalue weighted by Gasteiger charge is 2.41. The first-order chi connectivity index (χ1) is 7.36. The molecule has 15 heavy (non-hydrogen) atoms. The molecule has 2 aliphatic carbocycles. The number of ether oxygens (including phenoxy) is 1. The number of morpholine rings is 1. The van der Waals surface area contributed by atoms with Gasteiger partial charge in [0.25, 0.3) is 0 Å². The predicted molar refractivity (Wildman–Crippen MR) is 60.8 cm³/mol. The fourth-order valence-electron chi connectivity index (χ4n) is 3.26. The van der Waals surface area contributed by atoms with Crippen molar-refractivity contribution in [2.24, 2.45) is 11.8 Å². The molecular formula is C13H23NO. The lowest BCUT2D eigenvalue weighted by Gasteiger charge is -2.43. The number of fused-ring (bicyclic) bond motifs is 1. The van der Waals surface area contributed by atoms with Crippen LogP contribution in [0.15, 0.2) is 0 Å². The second-order valence-corrected chi connectivity index (χ2v) is 5.65. The third-order valence-electron chi connectivity index (χ3n) is 4.55. The Hall–Kier alpha value is -0.0800. The molecule has 0 radical (unpaired) electrons. The third-order valence-corrected chi connectivity index (χ3v) is 4.55. The largest absolute Gasteiger partial charge is 0.372 e. The summed E-state index contributed by atoms with van der Waals surface area (Å²) in [6.07, 6.45) is 9.26. The van der Waals surface area contributed by atoms with Gasteiger partial charge < -0.3 is 10.1 Å². The molecule has 86 valence electrons. The van der Waals surface area contributed by atoms with Crippen LogP contribution in [0.1, 0.15) is 45.4 Å². The van der Waals surface area contributed by atoms with E-state index in [2.05, 4.69) is 12.2 Å². The lowest BCUT2D eigenvalue weighted by Crippen LogP contribution is -2.55. The molecule has 2 nitrogen and oxygen atoms in total. The van der Waals surface area contributed by atoms with E-state index < -0.39 is 0 Å². The van der Waals surface area contributed by atoms with Crippen molar-refractivity contribution in [1.29, 1.82) is 0 Å². The molecule has 1 heterocycles. The summed E-state index contributed by atoms with van der Waals surface area (Å²) in [5.74, 6) is 1.84. The number of hydrogen-bond donors (Lipinski definition) is 1. The SMILES string of the molecule is CCC1CCC2OC(C3CC3)CNC2C1. The van der Waals surface area contributed by atoms with Crippen molar-refractivity contribution in [3.8, 4) is 0 Å². The fraction of sp³-hybridized carbons (Fsp3) is 1.00. The Morgan fingerprint density at radius 2 is 2.00 bits per heavy atom. The molecule has 4 atom stereocenters. The summed E-state index contributed by atoms with van der Waals surface area (Å²) in [6, 6.07) is 0.665. The normalized spacial score (nSPS) is 46.2. The van der Waals surface area contributed by atoms with Gasteiger partial charge in [-0.05, 0) is 43.9 Å². The maximum atomic E-state index is 6.24. The smallest absolute Gasteiger partial charge is 0.0732 e. The molecule has 0 amide bonds. The topological polar surface area (TPSA) is 21.3 Å². The van der Waals surface area contributed by atoms with Gasteiger partial charge in [0.1, 0.15) is 0 Å². The molecular weight excluding hydrogens is 186 g/mol. The van der Waals surface area contributed by atoms with Crippen LogP contribution in [-0.2, 0) is 4.74 Å². The highest BCUT2D eigenvalue weighted by molar-refractivity contribution is 4.94. The van der Waals surface area contributed by atoms with Crippen LogP contribution in [0.3, 0.4) is 0 Å². The monoisotopic (exact) mass is 209 g/mol. The maximum Gasteiger partial charge on any atom is 0.0732 e. The number of rotatable bonds is 2. The average molecular weight is 209 g/mol. The molecule has 3 fully saturated rings. The Morgan fingerprint density at radius 1 is 1.13 bits per heavy atom. The minimum absolute atomic E-state index is 0.534. The summed E-state index contributed by atoms with van der Waals surface area (Å²) in [5, 5.41) is 3.73. The first kappa shape index (κ1) is 10.1. The molecule has 1 saturated heterocycles. The standard InChI is InChI=1S/C13H23NO/c1-2-9-3-6-12-11(7-9)14-8-13(15-12)10-4-5-10/h9-14H,2-8H2,1H3. The van der Waals surface area contributed by atoms with Crippen molar-refractivity contribution >= 4 is 0 Å². The van der Waals surface area contributed by atoms with E-state index in [1.165, 1.54) is 38.5 Å². The molecule has 0 bridgehead atoms. The molecule has 4 unspecified atom stereocenters. The van der Waals surface area contributed by atoms with E-state index in [4.69, 9.17) is 4.74 Å². The summed E-state index contributed by atoms with van der Waals surface area (Å²) in [7, 11) is 0. The van der Waals surface area contributed by atoms with Crippen LogP contribution in [0.25, 0.3) is 0 Å². The van der Waals surface area contributed by atoms with Gasteiger partial charge in [-0.2, -0.15) is 0 Å². The van der Waals surface area contributed by atoms with Crippen molar-refractivity contribution < 1.29 is 4.74 Å². The molecule has 3 aliphatic rings. The van der Waals surface area contributed by atoms with Crippen molar-refractivity contribution in [2.75, 3.05) is 6.54 Å². The third kappa shape index (κ3) is 2.07. The van der Waals surface area contributed by atoms with Crippen LogP contribution >= 0.6 is 0 Å². The van der Waals surface area contributed by atoms with E-state index in [0.717, 1.165) is 18.4 Å². The van der Waals surface area contributed by atoms with Crippen LogP contribution < -0.4 is 5.32 Å². The highest BCUT2D eigenvalue weighted by atomic mass is 16.5. The zero-order valence-electron chi connectivity index (χ0n) is 9.74. The van der Waals surface area contributed by atoms with Gasteiger partial charge >= 0.3 is 0 Å². The second-order valence-electron chi connectivity index (χ2n) is 5.65. The number of hydrogen-bond acceptors (Lipinski definition) is 2. The molecule has 0 aromatic carbocycles. The maximum absolute atomic E-state index is 6.24. The van der Waals surface area contributed by atoms with E-state index in [-0.39, 0.29) is 0 Å². The van der Waals surface area contributed by atoms with Crippen LogP contribution in [0.2, 0.25) is 0 Å². The molecule has 2 heteroatoms. The molecule has 1 N–H and O–H groups in total. The Balaban J connectivity index is 1.57. The van der Waals surface area contributed by atoms with Crippen molar-refractivity contribution in [3.63, 3.8) is 0 Å². The Morgan fingerprint density at radius 3 is 2.73 bits per heavy atom. The summed E-state index contributed by atoms with van der Waals surface area (Å²) in [6.45, 7) is 3.43. The summed E-state index contributed by atoms with van der Waals surface area (Å²) in [5.41, 5.74) is 0. The van der Waals surface area contributed by atoms with Gasteiger partial charge in [0.15, 0.2) is 0 Å². The van der Waals surface area contributed by atoms with E-state index in [9.17, 15) is 0 Å². The second kappa shape index (κ2) is 4.06. The minimum Gasteiger partial charge on any atom is -0.372 e. The highest BCUT2D eigenvalue weighted by Crippen LogP contribution is 2.39. The van der Waals surface area contributed by atoms with Crippen molar-refractivity contribution in [2.45, 2.75) is 63.7 Å². The van der Waals surface area contributed by atoms with Gasteiger partial charge in [-0.1, -0.05) is 13.3 Å². The number of nitrogens with one attached hydrogen (secondary N) is 1. The van der Waals surface area contributed by atoms with Gasteiger partial charge in [0, 0.05) is 12.6 Å². The van der Waals surface area contributed by atoms with Crippen LogP contribution in [-0.4, -0.2) is 24.8 Å². The summed E-state index contributed by atoms with van der Waals surface area (Å²) < 4.78 is 6.24. The van der Waals surface area contributed by atoms with Crippen molar-refractivity contribution in [3.05, 3.63) is 0 Å². The van der Waals surface area contributed by atoms with Crippen LogP contribution in [0.5, 0.6) is 0 Å². The van der Waals surface area contributed by atoms with Crippen molar-refractivity contribution in [1.82, 2.24) is 5.32 Å². The summed E-state index contributed by atoms with van der Waals surface area (Å²) >= 11 is 0. The van der Waals surface area contributed by atoms with E-state index in [0.29, 0.717) is 18.2 Å². The zero-order valence-corrected chi connectivity index (χ0v) is 9.74. The molecule has 1 aliphatic heterocycles. The lowest BCUT2D eigenvalue weighted by molar-refractivity contribution is -0.0929. The predicted octanol–water partition coefficient (Wildman–Crippen LogP) is 2.33. The fourth-order valence-corrected chi connectivity index (χ4v) is 3.26. The van der Waals surface area contributed by atoms with Gasteiger partial charge in [0.2, 0.25) is 0 Å². The Labute approximate surface area is 92.8 Å². The van der Waals surface area contributed by atoms with Gasteiger partial charge in [-0.15, -0.1) is 0 Å². The van der Waals surface area contributed by atoms with Gasteiger partial charge in [0.05, 0.1) is 12.2 Å². The Bertz CT molecular complexity index is 227. The molecule has 0 spiro atoms. The quantitative estimate of drug-likeness (QED) is 0.753. The van der Waals surface area contributed by atoms with E-state index >= 15 is 0 Å². The first-order valence-electron chi connectivity index (χ1n) is 6.75. The molecule has 3 rings (SSSR count). The molecule has 0 aromatic rings. The van der Waals surface area contributed by atoms with Gasteiger partial charge in [-0.25, -0.2) is 0 Å². The average Bonchev–Trinajstić information content (AvgIpc) is 3.11. The minimum atomic E-state index is 0.534. The summed E-state index contributed by atoms with van der Waals surface area (Å²) in [4.78, 5) is 0. The van der Waals surface area contributed by atoms with Crippen LogP contribution in [0.4, 0.5) is 0 Å². The van der Waals surface area contributed by atoms with Crippen LogP contribution in [0, 0.1) is 11.8 Å². The molecule has 0 aromatic heterocycles. The Kier molecular flexibility index (Phi) is 2.73. The zero-order chi connectivity index (χ0) is 10.3. The first-order valence-corrected chi connectivity index (χ1v) is 6.75. The van der Waals surface area contributed by atoms with Gasteiger partial charge in [-0.3, -0.25) is 0 Å². The molecule has 2 saturated carbocycles. The lowest BCUT2D eigenvalue weighted by atomic mass is 9.81.